The molecule has 0 bridgehead atoms. The second kappa shape index (κ2) is 4.44. The Bertz CT molecular complexity index is 480. The summed E-state index contributed by atoms with van der Waals surface area (Å²) in [5, 5.41) is 13.5. The topological polar surface area (TPSA) is 56.0 Å². The van der Waals surface area contributed by atoms with Crippen molar-refractivity contribution in [2.24, 2.45) is 0 Å². The summed E-state index contributed by atoms with van der Waals surface area (Å²) in [6.07, 6.45) is 2.56. The van der Waals surface area contributed by atoms with Crippen LogP contribution in [0.25, 0.3) is 0 Å². The number of carbonyl (C=O) groups is 1. The quantitative estimate of drug-likeness (QED) is 0.605. The normalized spacial score (nSPS) is 9.75. The first-order chi connectivity index (χ1) is 7.75. The minimum atomic E-state index is -0.261. The van der Waals surface area contributed by atoms with Crippen LogP contribution in [0, 0.1) is 11.3 Å². The number of amides is 1. The van der Waals surface area contributed by atoms with Crippen molar-refractivity contribution in [3.05, 3.63) is 65.6 Å². The highest BCUT2D eigenvalue weighted by Gasteiger charge is 2.06. The van der Waals surface area contributed by atoms with Gasteiger partial charge in [0.1, 0.15) is 0 Å². The van der Waals surface area contributed by atoms with Crippen LogP contribution in [0.2, 0.25) is 0 Å². The Balaban J connectivity index is 2.12. The molecule has 2 rings (SSSR count). The van der Waals surface area contributed by atoms with Crippen LogP contribution in [0.1, 0.15) is 10.4 Å². The van der Waals surface area contributed by atoms with Gasteiger partial charge in [0, 0.05) is 23.9 Å². The largest absolute Gasteiger partial charge is 0.619 e. The minimum Gasteiger partial charge on any atom is -0.619 e. The molecule has 1 aromatic heterocycles. The second-order valence-electron chi connectivity index (χ2n) is 3.18. The van der Waals surface area contributed by atoms with Crippen molar-refractivity contribution in [3.63, 3.8) is 0 Å². The van der Waals surface area contributed by atoms with Gasteiger partial charge in [-0.2, -0.15) is 4.73 Å². The third-order valence-electron chi connectivity index (χ3n) is 2.02. The predicted molar refractivity (Wildman–Crippen MR) is 58.6 cm³/mol. The number of aromatic nitrogens is 1. The summed E-state index contributed by atoms with van der Waals surface area (Å²) in [5.41, 5.74) is 1.04. The molecule has 0 atom stereocenters. The van der Waals surface area contributed by atoms with Gasteiger partial charge in [-0.15, -0.1) is 0 Å². The van der Waals surface area contributed by atoms with E-state index in [-0.39, 0.29) is 5.91 Å². The Morgan fingerprint density at radius 2 is 2.00 bits per heavy atom. The lowest BCUT2D eigenvalue weighted by molar-refractivity contribution is -0.605. The molecule has 0 aliphatic carbocycles. The number of anilines is 1. The number of nitrogens with zero attached hydrogens (tertiary/aromatic N) is 1. The number of para-hydroxylation sites is 1. The maximum Gasteiger partial charge on any atom is 0.256 e. The van der Waals surface area contributed by atoms with Crippen LogP contribution in [-0.2, 0) is 0 Å². The summed E-state index contributed by atoms with van der Waals surface area (Å²) in [6.45, 7) is 0. The summed E-state index contributed by atoms with van der Waals surface area (Å²) >= 11 is 0. The van der Waals surface area contributed by atoms with Crippen molar-refractivity contribution in [3.8, 4) is 0 Å². The molecule has 0 spiro atoms. The number of pyridine rings is 1. The van der Waals surface area contributed by atoms with E-state index in [4.69, 9.17) is 0 Å². The van der Waals surface area contributed by atoms with Crippen LogP contribution in [0.5, 0.6) is 0 Å². The number of hydrogen-bond donors (Lipinski definition) is 1. The van der Waals surface area contributed by atoms with Gasteiger partial charge < -0.3 is 10.5 Å². The van der Waals surface area contributed by atoms with Gasteiger partial charge in [-0.25, -0.2) is 0 Å². The van der Waals surface area contributed by atoms with Crippen molar-refractivity contribution in [2.45, 2.75) is 0 Å². The van der Waals surface area contributed by atoms with Crippen LogP contribution in [0.15, 0.2) is 48.8 Å². The molecule has 0 aliphatic heterocycles. The zero-order chi connectivity index (χ0) is 11.4. The van der Waals surface area contributed by atoms with Crippen molar-refractivity contribution in [1.82, 2.24) is 0 Å². The van der Waals surface area contributed by atoms with Crippen LogP contribution >= 0.6 is 0 Å². The van der Waals surface area contributed by atoms with E-state index in [2.05, 4.69) is 11.4 Å². The van der Waals surface area contributed by atoms with E-state index < -0.39 is 0 Å². The van der Waals surface area contributed by atoms with E-state index in [1.165, 1.54) is 24.5 Å². The van der Waals surface area contributed by atoms with Gasteiger partial charge in [0.15, 0.2) is 12.4 Å². The average molecular weight is 213 g/mol. The Kier molecular flexibility index (Phi) is 2.82. The summed E-state index contributed by atoms with van der Waals surface area (Å²) in [6, 6.07) is 12.9. The van der Waals surface area contributed by atoms with Gasteiger partial charge in [-0.1, -0.05) is 18.2 Å². The molecule has 1 amide bonds. The molecule has 0 saturated heterocycles. The minimum absolute atomic E-state index is 0.261. The predicted octanol–water partition coefficient (Wildman–Crippen LogP) is 1.37. The molecular weight excluding hydrogens is 204 g/mol. The molecule has 0 fully saturated rings. The summed E-state index contributed by atoms with van der Waals surface area (Å²) in [5.74, 6) is -0.261. The molecule has 2 aromatic rings. The highest BCUT2D eigenvalue weighted by molar-refractivity contribution is 6.03. The van der Waals surface area contributed by atoms with Gasteiger partial charge in [-0.3, -0.25) is 4.79 Å². The monoisotopic (exact) mass is 213 g/mol. The highest BCUT2D eigenvalue weighted by atomic mass is 16.5. The maximum absolute atomic E-state index is 11.7. The molecule has 0 unspecified atom stereocenters. The van der Waals surface area contributed by atoms with Crippen LogP contribution in [-0.4, -0.2) is 5.91 Å². The highest BCUT2D eigenvalue weighted by Crippen LogP contribution is 2.06. The molecule has 0 saturated carbocycles. The van der Waals surface area contributed by atoms with Crippen molar-refractivity contribution in [2.75, 3.05) is 5.32 Å². The number of hydrogen-bond acceptors (Lipinski definition) is 2. The number of carbonyl (C=O) groups excluding carboxylic acids is 1. The van der Waals surface area contributed by atoms with Crippen molar-refractivity contribution < 1.29 is 9.52 Å². The molecule has 0 aliphatic rings. The zero-order valence-electron chi connectivity index (χ0n) is 8.38. The Morgan fingerprint density at radius 3 is 2.62 bits per heavy atom. The average Bonchev–Trinajstić information content (AvgIpc) is 2.31. The SMILES string of the molecule is O=C(Nc1[c]cccc1)c1cc[n+]([O-])cc1. The van der Waals surface area contributed by atoms with E-state index in [0.29, 0.717) is 16.0 Å². The Morgan fingerprint density at radius 1 is 1.25 bits per heavy atom. The molecule has 1 aromatic carbocycles. The summed E-state index contributed by atoms with van der Waals surface area (Å²) < 4.78 is 0.630. The lowest BCUT2D eigenvalue weighted by Gasteiger charge is -2.03. The van der Waals surface area contributed by atoms with Gasteiger partial charge >= 0.3 is 0 Å². The molecule has 4 heteroatoms. The molecule has 79 valence electrons. The van der Waals surface area contributed by atoms with Crippen LogP contribution in [0.4, 0.5) is 5.69 Å². The first-order valence-electron chi connectivity index (χ1n) is 4.72. The van der Waals surface area contributed by atoms with Gasteiger partial charge in [0.05, 0.1) is 5.56 Å². The van der Waals surface area contributed by atoms with Crippen LogP contribution < -0.4 is 10.0 Å². The van der Waals surface area contributed by atoms with E-state index in [1.54, 1.807) is 12.1 Å². The van der Waals surface area contributed by atoms with E-state index in [9.17, 15) is 10.0 Å². The van der Waals surface area contributed by atoms with Crippen molar-refractivity contribution >= 4 is 11.6 Å². The first kappa shape index (κ1) is 10.2. The fourth-order valence-corrected chi connectivity index (χ4v) is 1.23. The molecular formula is C12H9N2O2. The Labute approximate surface area is 92.7 Å². The standard InChI is InChI=1S/C12H9N2O2/c15-12(10-6-8-14(16)9-7-10)13-11-4-2-1-3-5-11/h1-4,6-9H,(H,13,15). The smallest absolute Gasteiger partial charge is 0.256 e. The molecule has 1 radical (unpaired) electrons. The molecule has 1 N–H and O–H groups in total. The van der Waals surface area contributed by atoms with E-state index in [0.717, 1.165) is 0 Å². The fourth-order valence-electron chi connectivity index (χ4n) is 1.23. The fraction of sp³-hybridized carbons (Fsp3) is 0. The van der Waals surface area contributed by atoms with Crippen LogP contribution in [0.3, 0.4) is 0 Å². The number of rotatable bonds is 2. The molecule has 4 nitrogen and oxygen atoms in total. The zero-order valence-corrected chi connectivity index (χ0v) is 8.38. The summed E-state index contributed by atoms with van der Waals surface area (Å²) in [7, 11) is 0. The molecule has 16 heavy (non-hydrogen) atoms. The maximum atomic E-state index is 11.7. The number of benzene rings is 1. The molecule has 1 heterocycles. The van der Waals surface area contributed by atoms with E-state index >= 15 is 0 Å². The third kappa shape index (κ3) is 2.36. The van der Waals surface area contributed by atoms with Gasteiger partial charge in [0.2, 0.25) is 0 Å². The summed E-state index contributed by atoms with van der Waals surface area (Å²) in [4.78, 5) is 11.7. The lowest BCUT2D eigenvalue weighted by atomic mass is 10.2. The van der Waals surface area contributed by atoms with Gasteiger partial charge in [0.25, 0.3) is 5.91 Å². The van der Waals surface area contributed by atoms with Crippen molar-refractivity contribution in [1.29, 1.82) is 0 Å². The van der Waals surface area contributed by atoms with Gasteiger partial charge in [-0.05, 0) is 6.07 Å². The Hall–Kier alpha value is -2.36. The number of nitrogens with one attached hydrogen (secondary N) is 1. The third-order valence-corrected chi connectivity index (χ3v) is 2.02. The van der Waals surface area contributed by atoms with E-state index in [1.807, 2.05) is 12.1 Å². The lowest BCUT2D eigenvalue weighted by Crippen LogP contribution is -2.25. The first-order valence-corrected chi connectivity index (χ1v) is 4.72. The second-order valence-corrected chi connectivity index (χ2v) is 3.18.